The van der Waals surface area contributed by atoms with Gasteiger partial charge in [0.1, 0.15) is 6.54 Å². The molecule has 0 amide bonds. The molecule has 0 radical (unpaired) electrons. The van der Waals surface area contributed by atoms with E-state index in [-0.39, 0.29) is 18.2 Å². The van der Waals surface area contributed by atoms with Crippen LogP contribution in [-0.2, 0) is 13.6 Å². The van der Waals surface area contributed by atoms with E-state index in [1.807, 2.05) is 13.8 Å². The number of hydrogen-bond acceptors (Lipinski definition) is 6. The maximum Gasteiger partial charge on any atom is 0.358 e. The molecule has 0 aliphatic rings. The molecule has 18 heavy (non-hydrogen) atoms. The number of carboxylic acids is 1. The molecule has 0 fully saturated rings. The summed E-state index contributed by atoms with van der Waals surface area (Å²) in [5.74, 6) is -0.638. The quantitative estimate of drug-likeness (QED) is 0.791. The lowest BCUT2D eigenvalue weighted by Gasteiger charge is -2.07. The number of carboxylic acid groups (broad SMARTS) is 1. The third kappa shape index (κ3) is 2.19. The van der Waals surface area contributed by atoms with Crippen molar-refractivity contribution in [2.45, 2.75) is 26.3 Å². The molecule has 0 aliphatic heterocycles. The van der Waals surface area contributed by atoms with Crippen LogP contribution in [0.15, 0.2) is 0 Å². The fraction of sp³-hybridized carbons (Fsp3) is 0.556. The van der Waals surface area contributed by atoms with Crippen molar-refractivity contribution in [3.05, 3.63) is 17.2 Å². The van der Waals surface area contributed by atoms with Crippen molar-refractivity contribution in [3.8, 4) is 0 Å². The molecule has 0 unspecified atom stereocenters. The Labute approximate surface area is 102 Å². The number of aromatic nitrogens is 7. The zero-order valence-electron chi connectivity index (χ0n) is 10.3. The van der Waals surface area contributed by atoms with Gasteiger partial charge < -0.3 is 5.11 Å². The van der Waals surface area contributed by atoms with E-state index in [1.165, 1.54) is 9.48 Å². The molecule has 0 aromatic carbocycles. The second-order valence-electron chi connectivity index (χ2n) is 4.14. The molecule has 2 aromatic rings. The Morgan fingerprint density at radius 3 is 2.56 bits per heavy atom. The molecule has 9 heteroatoms. The van der Waals surface area contributed by atoms with E-state index in [0.717, 1.165) is 0 Å². The Hall–Kier alpha value is -2.32. The van der Waals surface area contributed by atoms with Crippen LogP contribution >= 0.6 is 0 Å². The van der Waals surface area contributed by atoms with Crippen LogP contribution in [-0.4, -0.2) is 46.3 Å². The Bertz CT molecular complexity index is 571. The molecule has 0 saturated carbocycles. The van der Waals surface area contributed by atoms with Crippen molar-refractivity contribution in [1.82, 2.24) is 35.2 Å². The van der Waals surface area contributed by atoms with Crippen LogP contribution in [0.4, 0.5) is 0 Å². The summed E-state index contributed by atoms with van der Waals surface area (Å²) in [5, 5.41) is 28.1. The highest BCUT2D eigenvalue weighted by Gasteiger charge is 2.22. The van der Waals surface area contributed by atoms with Gasteiger partial charge in [-0.3, -0.25) is 0 Å². The zero-order valence-corrected chi connectivity index (χ0v) is 10.3. The van der Waals surface area contributed by atoms with Gasteiger partial charge in [0.05, 0.1) is 12.7 Å². The Kier molecular flexibility index (Phi) is 3.04. The summed E-state index contributed by atoms with van der Waals surface area (Å²) in [6.45, 7) is 4.01. The van der Waals surface area contributed by atoms with Crippen molar-refractivity contribution in [3.63, 3.8) is 0 Å². The lowest BCUT2D eigenvalue weighted by molar-refractivity contribution is 0.0688. The average Bonchev–Trinajstić information content (AvgIpc) is 2.85. The summed E-state index contributed by atoms with van der Waals surface area (Å²) in [5.41, 5.74) is 0.517. The number of aryl methyl sites for hydroxylation is 1. The molecule has 0 atom stereocenters. The largest absolute Gasteiger partial charge is 0.476 e. The summed E-state index contributed by atoms with van der Waals surface area (Å²) in [6, 6.07) is 0. The van der Waals surface area contributed by atoms with Crippen molar-refractivity contribution in [1.29, 1.82) is 0 Å². The number of rotatable bonds is 4. The number of nitrogens with zero attached hydrogens (tertiary/aromatic N) is 7. The van der Waals surface area contributed by atoms with Gasteiger partial charge in [-0.15, -0.1) is 15.3 Å². The topological polar surface area (TPSA) is 112 Å². The first-order chi connectivity index (χ1) is 8.49. The van der Waals surface area contributed by atoms with Crippen molar-refractivity contribution in [2.75, 3.05) is 0 Å². The van der Waals surface area contributed by atoms with Crippen LogP contribution in [0.25, 0.3) is 0 Å². The summed E-state index contributed by atoms with van der Waals surface area (Å²) in [7, 11) is 1.66. The van der Waals surface area contributed by atoms with Gasteiger partial charge in [0.25, 0.3) is 0 Å². The molecule has 1 N–H and O–H groups in total. The zero-order chi connectivity index (χ0) is 13.3. The summed E-state index contributed by atoms with van der Waals surface area (Å²) in [4.78, 5) is 12.4. The highest BCUT2D eigenvalue weighted by atomic mass is 16.4. The van der Waals surface area contributed by atoms with E-state index >= 15 is 0 Å². The van der Waals surface area contributed by atoms with E-state index in [1.54, 1.807) is 7.05 Å². The molecule has 0 aliphatic carbocycles. The molecular formula is C9H13N7O2. The van der Waals surface area contributed by atoms with Gasteiger partial charge in [0.2, 0.25) is 0 Å². The first kappa shape index (κ1) is 12.1. The highest BCUT2D eigenvalue weighted by molar-refractivity contribution is 5.86. The summed E-state index contributed by atoms with van der Waals surface area (Å²) < 4.78 is 1.49. The van der Waals surface area contributed by atoms with Gasteiger partial charge in [-0.2, -0.15) is 4.80 Å². The van der Waals surface area contributed by atoms with E-state index in [2.05, 4.69) is 25.7 Å². The monoisotopic (exact) mass is 251 g/mol. The van der Waals surface area contributed by atoms with E-state index in [0.29, 0.717) is 11.5 Å². The third-order valence-corrected chi connectivity index (χ3v) is 2.36. The molecule has 2 aromatic heterocycles. The molecule has 0 bridgehead atoms. The van der Waals surface area contributed by atoms with Crippen molar-refractivity contribution in [2.24, 2.45) is 7.05 Å². The first-order valence-corrected chi connectivity index (χ1v) is 5.38. The number of carbonyl (C=O) groups is 1. The molecule has 2 heterocycles. The average molecular weight is 251 g/mol. The van der Waals surface area contributed by atoms with Crippen LogP contribution in [0.3, 0.4) is 0 Å². The fourth-order valence-corrected chi connectivity index (χ4v) is 1.68. The fourth-order valence-electron chi connectivity index (χ4n) is 1.68. The molecular weight excluding hydrogens is 238 g/mol. The summed E-state index contributed by atoms with van der Waals surface area (Å²) >= 11 is 0. The maximum absolute atomic E-state index is 11.0. The van der Waals surface area contributed by atoms with Gasteiger partial charge in [-0.25, -0.2) is 9.48 Å². The van der Waals surface area contributed by atoms with E-state index in [4.69, 9.17) is 5.11 Å². The number of hydrogen-bond donors (Lipinski definition) is 1. The second-order valence-corrected chi connectivity index (χ2v) is 4.14. The number of aromatic carboxylic acids is 1. The molecule has 0 saturated heterocycles. The lowest BCUT2D eigenvalue weighted by atomic mass is 10.1. The van der Waals surface area contributed by atoms with Gasteiger partial charge in [-0.1, -0.05) is 19.1 Å². The predicted molar refractivity (Wildman–Crippen MR) is 59.0 cm³/mol. The number of tetrazole rings is 1. The van der Waals surface area contributed by atoms with Gasteiger partial charge in [0.15, 0.2) is 11.5 Å². The van der Waals surface area contributed by atoms with Crippen LogP contribution in [0, 0.1) is 0 Å². The van der Waals surface area contributed by atoms with Crippen molar-refractivity contribution >= 4 is 5.97 Å². The predicted octanol–water partition coefficient (Wildman–Crippen LogP) is -0.329. The van der Waals surface area contributed by atoms with Crippen LogP contribution in [0.1, 0.15) is 41.8 Å². The Morgan fingerprint density at radius 1 is 1.33 bits per heavy atom. The van der Waals surface area contributed by atoms with Crippen LogP contribution in [0.5, 0.6) is 0 Å². The van der Waals surface area contributed by atoms with E-state index < -0.39 is 5.97 Å². The lowest BCUT2D eigenvalue weighted by Crippen LogP contribution is -2.11. The third-order valence-electron chi connectivity index (χ3n) is 2.36. The standard InChI is InChI=1S/C9H13N7O2/c1-5(2)8-7(9(17)18)11-14-16(8)4-6-10-13-15(3)12-6/h5H,4H2,1-3H3,(H,17,18). The first-order valence-electron chi connectivity index (χ1n) is 5.38. The van der Waals surface area contributed by atoms with E-state index in [9.17, 15) is 4.79 Å². The maximum atomic E-state index is 11.0. The molecule has 2 rings (SSSR count). The van der Waals surface area contributed by atoms with Gasteiger partial charge >= 0.3 is 5.97 Å². The summed E-state index contributed by atoms with van der Waals surface area (Å²) in [6.07, 6.45) is 0. The second kappa shape index (κ2) is 4.51. The molecule has 9 nitrogen and oxygen atoms in total. The normalized spacial score (nSPS) is 11.1. The smallest absolute Gasteiger partial charge is 0.358 e. The van der Waals surface area contributed by atoms with Gasteiger partial charge in [0, 0.05) is 0 Å². The highest BCUT2D eigenvalue weighted by Crippen LogP contribution is 2.17. The Morgan fingerprint density at radius 2 is 2.06 bits per heavy atom. The minimum absolute atomic E-state index is 0.0113. The minimum Gasteiger partial charge on any atom is -0.476 e. The van der Waals surface area contributed by atoms with Crippen molar-refractivity contribution < 1.29 is 9.90 Å². The molecule has 0 spiro atoms. The van der Waals surface area contributed by atoms with Gasteiger partial charge in [-0.05, 0) is 11.1 Å². The van der Waals surface area contributed by atoms with Crippen LogP contribution in [0.2, 0.25) is 0 Å². The Balaban J connectivity index is 2.36. The molecule has 96 valence electrons. The SMILES string of the molecule is CC(C)c1c(C(=O)O)nnn1Cc1nnn(C)n1. The minimum atomic E-state index is -1.09. The van der Waals surface area contributed by atoms with Crippen LogP contribution < -0.4 is 0 Å².